The summed E-state index contributed by atoms with van der Waals surface area (Å²) >= 11 is 0. The van der Waals surface area contributed by atoms with Gasteiger partial charge in [0.25, 0.3) is 0 Å². The van der Waals surface area contributed by atoms with Crippen molar-refractivity contribution >= 4 is 54.3 Å². The molecule has 6 aromatic rings. The van der Waals surface area contributed by atoms with Gasteiger partial charge in [0.15, 0.2) is 0 Å². The van der Waals surface area contributed by atoms with E-state index in [1.165, 1.54) is 133 Å². The molecule has 2 aromatic heterocycles. The van der Waals surface area contributed by atoms with Crippen LogP contribution >= 0.6 is 0 Å². The van der Waals surface area contributed by atoms with E-state index in [-0.39, 0.29) is 0 Å². The lowest BCUT2D eigenvalue weighted by atomic mass is 9.95. The third kappa shape index (κ3) is 6.24. The third-order valence-electron chi connectivity index (χ3n) is 9.31. The maximum Gasteiger partial charge on any atom is 0.142 e. The van der Waals surface area contributed by atoms with Crippen LogP contribution in [0.2, 0.25) is 0 Å². The van der Waals surface area contributed by atoms with Crippen LogP contribution in [0, 0.1) is 0 Å². The van der Waals surface area contributed by atoms with Gasteiger partial charge in [0, 0.05) is 34.4 Å². The largest absolute Gasteiger partial charge is 0.460 e. The molecular formula is C40H48O2. The molecule has 220 valence electrons. The zero-order chi connectivity index (χ0) is 28.7. The number of rotatable bonds is 16. The predicted octanol–water partition coefficient (Wildman–Crippen LogP) is 13.2. The van der Waals surface area contributed by atoms with Gasteiger partial charge < -0.3 is 8.83 Å². The van der Waals surface area contributed by atoms with Gasteiger partial charge in [-0.05, 0) is 58.7 Å². The Balaban J connectivity index is 1.21. The second-order valence-corrected chi connectivity index (χ2v) is 12.6. The number of furan rings is 2. The van der Waals surface area contributed by atoms with Gasteiger partial charge in [0.05, 0.1) is 0 Å². The van der Waals surface area contributed by atoms with Gasteiger partial charge in [-0.1, -0.05) is 127 Å². The normalized spacial score (nSPS) is 12.1. The van der Waals surface area contributed by atoms with Crippen molar-refractivity contribution in [3.63, 3.8) is 0 Å². The number of fused-ring (bicyclic) bond motifs is 9. The van der Waals surface area contributed by atoms with Gasteiger partial charge in [0.1, 0.15) is 22.7 Å². The number of benzene rings is 4. The summed E-state index contributed by atoms with van der Waals surface area (Å²) < 4.78 is 12.9. The summed E-state index contributed by atoms with van der Waals surface area (Å²) in [5.74, 6) is 2.24. The van der Waals surface area contributed by atoms with Gasteiger partial charge in [-0.15, -0.1) is 0 Å². The Labute approximate surface area is 251 Å². The maximum atomic E-state index is 6.47. The van der Waals surface area contributed by atoms with Crippen molar-refractivity contribution in [2.45, 2.75) is 117 Å². The monoisotopic (exact) mass is 560 g/mol. The van der Waals surface area contributed by atoms with Gasteiger partial charge in [0.2, 0.25) is 0 Å². The molecule has 0 N–H and O–H groups in total. The summed E-state index contributed by atoms with van der Waals surface area (Å²) in [6.07, 6.45) is 20.6. The van der Waals surface area contributed by atoms with E-state index in [1.807, 2.05) is 0 Å². The van der Waals surface area contributed by atoms with Crippen molar-refractivity contribution < 1.29 is 8.83 Å². The van der Waals surface area contributed by atoms with E-state index in [9.17, 15) is 0 Å². The SMILES string of the molecule is CCCCCCCCCc1cc2ccc3c4ccc5c(ccc6cc(CCCCCCCCC)oc65)c4ccc3c2o1. The molecule has 2 heterocycles. The fourth-order valence-electron chi connectivity index (χ4n) is 6.90. The topological polar surface area (TPSA) is 26.3 Å². The summed E-state index contributed by atoms with van der Waals surface area (Å²) in [6, 6.07) is 22.7. The molecular weight excluding hydrogens is 512 g/mol. The number of aryl methyl sites for hydroxylation is 2. The zero-order valence-electron chi connectivity index (χ0n) is 25.9. The molecule has 6 rings (SSSR count). The highest BCUT2D eigenvalue weighted by Crippen LogP contribution is 2.38. The minimum atomic E-state index is 1.03. The van der Waals surface area contributed by atoms with E-state index in [4.69, 9.17) is 8.83 Å². The maximum absolute atomic E-state index is 6.47. The molecule has 0 radical (unpaired) electrons. The average molecular weight is 561 g/mol. The van der Waals surface area contributed by atoms with Gasteiger partial charge in [-0.2, -0.15) is 0 Å². The summed E-state index contributed by atoms with van der Waals surface area (Å²) in [7, 11) is 0. The van der Waals surface area contributed by atoms with Crippen molar-refractivity contribution in [3.05, 3.63) is 72.2 Å². The number of hydrogen-bond donors (Lipinski definition) is 0. The Bertz CT molecular complexity index is 1630. The molecule has 0 unspecified atom stereocenters. The lowest BCUT2D eigenvalue weighted by molar-refractivity contribution is 0.521. The van der Waals surface area contributed by atoms with Crippen molar-refractivity contribution in [2.75, 3.05) is 0 Å². The third-order valence-corrected chi connectivity index (χ3v) is 9.31. The summed E-state index contributed by atoms with van der Waals surface area (Å²) in [5, 5.41) is 9.93. The van der Waals surface area contributed by atoms with Crippen LogP contribution in [0.5, 0.6) is 0 Å². The Morgan fingerprint density at radius 2 is 0.714 bits per heavy atom. The Hall–Kier alpha value is -3.26. The van der Waals surface area contributed by atoms with Gasteiger partial charge in [-0.25, -0.2) is 0 Å². The van der Waals surface area contributed by atoms with Crippen molar-refractivity contribution in [3.8, 4) is 0 Å². The molecule has 0 amide bonds. The molecule has 0 aliphatic heterocycles. The van der Waals surface area contributed by atoms with Crippen LogP contribution in [-0.4, -0.2) is 0 Å². The van der Waals surface area contributed by atoms with Crippen LogP contribution in [0.15, 0.2) is 69.5 Å². The summed E-state index contributed by atoms with van der Waals surface area (Å²) in [4.78, 5) is 0. The standard InChI is InChI=1S/C40H48O2/c1-3-5-7-9-11-13-15-17-31-27-29-19-21-35-33-24-26-38-36(34(33)23-25-37(35)39(29)41-31)22-20-30-28-32(42-40(30)38)18-16-14-12-10-8-6-4-2/h19-28H,3-18H2,1-2H3. The molecule has 0 aliphatic carbocycles. The second kappa shape index (κ2) is 13.8. The Morgan fingerprint density at radius 1 is 0.381 bits per heavy atom. The minimum Gasteiger partial charge on any atom is -0.460 e. The van der Waals surface area contributed by atoms with E-state index in [0.717, 1.165) is 35.5 Å². The Morgan fingerprint density at radius 3 is 1.14 bits per heavy atom. The molecule has 2 nitrogen and oxygen atoms in total. The predicted molar refractivity (Wildman–Crippen MR) is 182 cm³/mol. The lowest BCUT2D eigenvalue weighted by Gasteiger charge is -2.08. The molecule has 0 spiro atoms. The second-order valence-electron chi connectivity index (χ2n) is 12.6. The van der Waals surface area contributed by atoms with Crippen LogP contribution in [0.3, 0.4) is 0 Å². The molecule has 0 fully saturated rings. The highest BCUT2D eigenvalue weighted by molar-refractivity contribution is 6.23. The quantitative estimate of drug-likeness (QED) is 0.0869. The first kappa shape index (κ1) is 28.8. The molecule has 4 aromatic carbocycles. The average Bonchev–Trinajstić information content (AvgIpc) is 3.63. The van der Waals surface area contributed by atoms with E-state index in [0.29, 0.717) is 0 Å². The molecule has 42 heavy (non-hydrogen) atoms. The fraction of sp³-hybridized carbons (Fsp3) is 0.450. The molecule has 0 bridgehead atoms. The zero-order valence-corrected chi connectivity index (χ0v) is 25.9. The van der Waals surface area contributed by atoms with Crippen molar-refractivity contribution in [1.29, 1.82) is 0 Å². The van der Waals surface area contributed by atoms with Crippen LogP contribution in [0.4, 0.5) is 0 Å². The summed E-state index contributed by atoms with van der Waals surface area (Å²) in [6.45, 7) is 4.56. The van der Waals surface area contributed by atoms with Crippen LogP contribution in [0.1, 0.15) is 115 Å². The molecule has 0 saturated carbocycles. The van der Waals surface area contributed by atoms with E-state index >= 15 is 0 Å². The first-order valence-corrected chi connectivity index (χ1v) is 17.0. The number of unbranched alkanes of at least 4 members (excludes halogenated alkanes) is 12. The van der Waals surface area contributed by atoms with Crippen LogP contribution < -0.4 is 0 Å². The Kier molecular flexibility index (Phi) is 9.48. The molecule has 0 saturated heterocycles. The summed E-state index contributed by atoms with van der Waals surface area (Å²) in [5.41, 5.74) is 2.06. The highest BCUT2D eigenvalue weighted by atomic mass is 16.3. The minimum absolute atomic E-state index is 1.03. The molecule has 0 atom stereocenters. The number of hydrogen-bond acceptors (Lipinski definition) is 2. The van der Waals surface area contributed by atoms with Gasteiger partial charge in [-0.3, -0.25) is 0 Å². The van der Waals surface area contributed by atoms with E-state index in [2.05, 4.69) is 74.5 Å². The first-order chi connectivity index (χ1) is 20.8. The van der Waals surface area contributed by atoms with Crippen molar-refractivity contribution in [2.24, 2.45) is 0 Å². The highest BCUT2D eigenvalue weighted by Gasteiger charge is 2.14. The smallest absolute Gasteiger partial charge is 0.142 e. The molecule has 0 aliphatic rings. The van der Waals surface area contributed by atoms with Crippen LogP contribution in [-0.2, 0) is 12.8 Å². The first-order valence-electron chi connectivity index (χ1n) is 17.0. The lowest BCUT2D eigenvalue weighted by Crippen LogP contribution is -1.84. The van der Waals surface area contributed by atoms with Crippen molar-refractivity contribution in [1.82, 2.24) is 0 Å². The fourth-order valence-corrected chi connectivity index (χ4v) is 6.90. The van der Waals surface area contributed by atoms with E-state index in [1.54, 1.807) is 0 Å². The van der Waals surface area contributed by atoms with Gasteiger partial charge >= 0.3 is 0 Å². The van der Waals surface area contributed by atoms with Crippen LogP contribution in [0.25, 0.3) is 54.3 Å². The molecule has 2 heteroatoms. The van der Waals surface area contributed by atoms with E-state index < -0.39 is 0 Å².